The highest BCUT2D eigenvalue weighted by Crippen LogP contribution is 2.40. The Balaban J connectivity index is 1.28. The fraction of sp³-hybridized carbons (Fsp3) is 0.579. The summed E-state index contributed by atoms with van der Waals surface area (Å²) in [6.07, 6.45) is 4.71. The molecular weight excluding hydrogens is 316 g/mol. The monoisotopic (exact) mass is 342 g/mol. The average molecular weight is 342 g/mol. The van der Waals surface area contributed by atoms with Gasteiger partial charge in [-0.3, -0.25) is 14.6 Å². The quantitative estimate of drug-likeness (QED) is 0.803. The lowest BCUT2D eigenvalue weighted by atomic mass is 9.81. The van der Waals surface area contributed by atoms with Gasteiger partial charge in [0.15, 0.2) is 0 Å². The molecule has 0 aromatic carbocycles. The van der Waals surface area contributed by atoms with Crippen molar-refractivity contribution in [1.82, 2.24) is 19.7 Å². The minimum atomic E-state index is -0.00805. The van der Waals surface area contributed by atoms with Crippen molar-refractivity contribution in [3.05, 3.63) is 47.5 Å². The van der Waals surface area contributed by atoms with Crippen LogP contribution in [0.3, 0.4) is 0 Å². The Morgan fingerprint density at radius 2 is 2.12 bits per heavy atom. The van der Waals surface area contributed by atoms with E-state index in [4.69, 9.17) is 9.47 Å². The summed E-state index contributed by atoms with van der Waals surface area (Å²) in [7, 11) is 2.01. The molecule has 2 aliphatic heterocycles. The van der Waals surface area contributed by atoms with E-state index in [1.165, 1.54) is 11.3 Å². The smallest absolute Gasteiger partial charge is 0.0985 e. The van der Waals surface area contributed by atoms with Gasteiger partial charge < -0.3 is 9.47 Å². The zero-order valence-corrected chi connectivity index (χ0v) is 15.0. The van der Waals surface area contributed by atoms with Crippen molar-refractivity contribution in [1.29, 1.82) is 0 Å². The normalized spacial score (nSPS) is 22.4. The highest BCUT2D eigenvalue weighted by Gasteiger charge is 2.52. The van der Waals surface area contributed by atoms with Gasteiger partial charge >= 0.3 is 0 Å². The molecule has 0 unspecified atom stereocenters. The Bertz CT molecular complexity index is 709. The molecule has 134 valence electrons. The largest absolute Gasteiger partial charge is 0.376 e. The second kappa shape index (κ2) is 6.86. The molecule has 0 radical (unpaired) electrons. The first kappa shape index (κ1) is 16.7. The Kier molecular flexibility index (Phi) is 4.58. The summed E-state index contributed by atoms with van der Waals surface area (Å²) in [5.41, 5.74) is 3.50. The van der Waals surface area contributed by atoms with Crippen LogP contribution in [0.25, 0.3) is 0 Å². The van der Waals surface area contributed by atoms with E-state index in [1.807, 2.05) is 43.2 Å². The molecule has 2 saturated heterocycles. The second-order valence-electron chi connectivity index (χ2n) is 7.32. The van der Waals surface area contributed by atoms with Crippen molar-refractivity contribution in [2.75, 3.05) is 26.3 Å². The summed E-state index contributed by atoms with van der Waals surface area (Å²) < 4.78 is 14.1. The van der Waals surface area contributed by atoms with Gasteiger partial charge in [0.2, 0.25) is 0 Å². The van der Waals surface area contributed by atoms with Gasteiger partial charge in [0.25, 0.3) is 0 Å². The van der Waals surface area contributed by atoms with Crippen LogP contribution >= 0.6 is 0 Å². The van der Waals surface area contributed by atoms with Gasteiger partial charge in [0.05, 0.1) is 30.2 Å². The van der Waals surface area contributed by atoms with E-state index in [-0.39, 0.29) is 5.60 Å². The van der Waals surface area contributed by atoms with Crippen LogP contribution in [0.5, 0.6) is 0 Å². The van der Waals surface area contributed by atoms with Crippen LogP contribution in [0.1, 0.15) is 23.4 Å². The van der Waals surface area contributed by atoms with Gasteiger partial charge in [-0.05, 0) is 37.1 Å². The van der Waals surface area contributed by atoms with E-state index in [2.05, 4.69) is 21.0 Å². The first-order chi connectivity index (χ1) is 12.1. The predicted molar refractivity (Wildman–Crippen MR) is 93.9 cm³/mol. The molecule has 1 atom stereocenters. The standard InChI is InChI=1S/C19H26N4O2/c1-15-9-18(22(2)21-15)10-23-13-19(14-23)17(5-8-25-19)12-24-11-16-3-6-20-7-4-16/h3-4,6-7,9,17H,5,8,10-14H2,1-2H3/t17-/m0/s1. The molecule has 2 aromatic heterocycles. The highest BCUT2D eigenvalue weighted by molar-refractivity contribution is 5.12. The van der Waals surface area contributed by atoms with E-state index in [0.29, 0.717) is 12.5 Å². The lowest BCUT2D eigenvalue weighted by Crippen LogP contribution is -2.64. The average Bonchev–Trinajstić information content (AvgIpc) is 3.12. The van der Waals surface area contributed by atoms with Crippen LogP contribution in [0.4, 0.5) is 0 Å². The van der Waals surface area contributed by atoms with E-state index in [9.17, 15) is 0 Å². The topological polar surface area (TPSA) is 52.4 Å². The lowest BCUT2D eigenvalue weighted by molar-refractivity contribution is -0.147. The van der Waals surface area contributed by atoms with E-state index >= 15 is 0 Å². The minimum absolute atomic E-state index is 0.00805. The molecule has 6 heteroatoms. The molecule has 4 heterocycles. The summed E-state index contributed by atoms with van der Waals surface area (Å²) in [5, 5.41) is 4.43. The SMILES string of the molecule is Cc1cc(CN2CC3(C2)OCC[C@H]3COCc2ccncc2)n(C)n1. The number of rotatable bonds is 6. The number of pyridine rings is 1. The van der Waals surface area contributed by atoms with Crippen molar-refractivity contribution < 1.29 is 9.47 Å². The Hall–Kier alpha value is -1.76. The summed E-state index contributed by atoms with van der Waals surface area (Å²) in [5.74, 6) is 0.485. The van der Waals surface area contributed by atoms with E-state index < -0.39 is 0 Å². The van der Waals surface area contributed by atoms with Crippen molar-refractivity contribution in [3.63, 3.8) is 0 Å². The summed E-state index contributed by atoms with van der Waals surface area (Å²) in [4.78, 5) is 6.48. The molecule has 1 spiro atoms. The molecule has 6 nitrogen and oxygen atoms in total. The molecule has 0 N–H and O–H groups in total. The van der Waals surface area contributed by atoms with Crippen molar-refractivity contribution in [2.45, 2.75) is 32.1 Å². The lowest BCUT2D eigenvalue weighted by Gasteiger charge is -2.50. The molecule has 0 aliphatic carbocycles. The third-order valence-corrected chi connectivity index (χ3v) is 5.40. The Morgan fingerprint density at radius 3 is 2.84 bits per heavy atom. The summed E-state index contributed by atoms with van der Waals surface area (Å²) >= 11 is 0. The molecule has 2 aliphatic rings. The number of nitrogens with zero attached hydrogens (tertiary/aromatic N) is 4. The fourth-order valence-electron chi connectivity index (χ4n) is 4.03. The molecule has 4 rings (SSSR count). The Labute approximate surface area is 148 Å². The van der Waals surface area contributed by atoms with E-state index in [1.54, 1.807) is 0 Å². The zero-order chi connectivity index (χ0) is 17.3. The number of likely N-dealkylation sites (tertiary alicyclic amines) is 1. The highest BCUT2D eigenvalue weighted by atomic mass is 16.5. The number of ether oxygens (including phenoxy) is 2. The van der Waals surface area contributed by atoms with E-state index in [0.717, 1.165) is 45.0 Å². The first-order valence-corrected chi connectivity index (χ1v) is 8.97. The third kappa shape index (κ3) is 3.47. The van der Waals surface area contributed by atoms with Gasteiger partial charge in [0.1, 0.15) is 0 Å². The maximum atomic E-state index is 6.14. The molecule has 2 fully saturated rings. The van der Waals surface area contributed by atoms with Crippen molar-refractivity contribution >= 4 is 0 Å². The van der Waals surface area contributed by atoms with Gasteiger partial charge in [-0.25, -0.2) is 0 Å². The van der Waals surface area contributed by atoms with Gasteiger partial charge in [-0.2, -0.15) is 5.10 Å². The van der Waals surface area contributed by atoms with Gasteiger partial charge in [-0.15, -0.1) is 0 Å². The molecule has 0 saturated carbocycles. The summed E-state index contributed by atoms with van der Waals surface area (Å²) in [6, 6.07) is 6.17. The Morgan fingerprint density at radius 1 is 1.32 bits per heavy atom. The van der Waals surface area contributed by atoms with Crippen molar-refractivity contribution in [2.24, 2.45) is 13.0 Å². The minimum Gasteiger partial charge on any atom is -0.376 e. The first-order valence-electron chi connectivity index (χ1n) is 8.97. The number of aryl methyl sites for hydroxylation is 2. The zero-order valence-electron chi connectivity index (χ0n) is 15.0. The molecule has 0 bridgehead atoms. The van der Waals surface area contributed by atoms with Crippen LogP contribution in [-0.4, -0.2) is 51.6 Å². The molecule has 0 amide bonds. The second-order valence-corrected chi connectivity index (χ2v) is 7.32. The maximum Gasteiger partial charge on any atom is 0.0985 e. The van der Waals surface area contributed by atoms with Crippen LogP contribution < -0.4 is 0 Å². The predicted octanol–water partition coefficient (Wildman–Crippen LogP) is 1.93. The van der Waals surface area contributed by atoms with Gasteiger partial charge in [0, 0.05) is 51.6 Å². The number of aromatic nitrogens is 3. The number of hydrogen-bond donors (Lipinski definition) is 0. The van der Waals surface area contributed by atoms with Crippen LogP contribution in [0.15, 0.2) is 30.6 Å². The van der Waals surface area contributed by atoms with Crippen LogP contribution in [0, 0.1) is 12.8 Å². The fourth-order valence-corrected chi connectivity index (χ4v) is 4.03. The van der Waals surface area contributed by atoms with Crippen molar-refractivity contribution in [3.8, 4) is 0 Å². The summed E-state index contributed by atoms with van der Waals surface area (Å²) in [6.45, 7) is 7.21. The molecule has 25 heavy (non-hydrogen) atoms. The maximum absolute atomic E-state index is 6.14. The van der Waals surface area contributed by atoms with Crippen LogP contribution in [0.2, 0.25) is 0 Å². The van der Waals surface area contributed by atoms with Gasteiger partial charge in [-0.1, -0.05) is 0 Å². The number of hydrogen-bond acceptors (Lipinski definition) is 5. The van der Waals surface area contributed by atoms with Crippen LogP contribution in [-0.2, 0) is 29.7 Å². The third-order valence-electron chi connectivity index (χ3n) is 5.40. The molecule has 2 aromatic rings. The molecular formula is C19H26N4O2.